The number of hydrogen-bond acceptors (Lipinski definition) is 2. The Morgan fingerprint density at radius 3 is 2.06 bits per heavy atom. The molecule has 1 aromatic carbocycles. The van der Waals surface area contributed by atoms with E-state index in [1.165, 1.54) is 18.4 Å². The van der Waals surface area contributed by atoms with E-state index in [0.717, 1.165) is 13.1 Å². The summed E-state index contributed by atoms with van der Waals surface area (Å²) in [6.45, 7) is 4.36. The van der Waals surface area contributed by atoms with E-state index in [9.17, 15) is 0 Å². The molecule has 0 aliphatic carbocycles. The van der Waals surface area contributed by atoms with Crippen LogP contribution in [0.5, 0.6) is 0 Å². The molecule has 2 nitrogen and oxygen atoms in total. The molecule has 0 saturated carbocycles. The lowest BCUT2D eigenvalue weighted by Crippen LogP contribution is -2.49. The summed E-state index contributed by atoms with van der Waals surface area (Å²) in [5.74, 6) is 0. The Bertz CT molecular complexity index is 295. The first-order chi connectivity index (χ1) is 6.71. The van der Waals surface area contributed by atoms with Gasteiger partial charge in [0.05, 0.1) is 5.66 Å². The highest BCUT2D eigenvalue weighted by atomic mass is 35.5. The second-order valence-corrected chi connectivity index (χ2v) is 4.21. The van der Waals surface area contributed by atoms with E-state index in [4.69, 9.17) is 5.73 Å². The molecule has 0 bridgehead atoms. The molecule has 1 aliphatic heterocycles. The predicted octanol–water partition coefficient (Wildman–Crippen LogP) is 2.76. The summed E-state index contributed by atoms with van der Waals surface area (Å²) in [6.07, 6.45) is 2.55. The molecule has 0 radical (unpaired) electrons. The largest absolute Gasteiger partial charge is 0.310 e. The lowest BCUT2D eigenvalue weighted by molar-refractivity contribution is 0.142. The maximum Gasteiger partial charge on any atom is 0.0920 e. The van der Waals surface area contributed by atoms with E-state index in [1.807, 2.05) is 6.07 Å². The highest BCUT2D eigenvalue weighted by Gasteiger charge is 2.30. The van der Waals surface area contributed by atoms with E-state index in [2.05, 4.69) is 36.1 Å². The van der Waals surface area contributed by atoms with Crippen LogP contribution in [0.3, 0.4) is 0 Å². The standard InChI is InChI=1S/C12H18N2.2ClH/c1-12(13,14-9-5-6-10-14)11-7-3-2-4-8-11;;/h2-4,7-8H,5-6,9-10,13H2,1H3;2*1H. The Hall–Kier alpha value is -0.280. The Kier molecular flexibility index (Phi) is 6.34. The van der Waals surface area contributed by atoms with Crippen molar-refractivity contribution in [2.45, 2.75) is 25.4 Å². The maximum atomic E-state index is 6.37. The summed E-state index contributed by atoms with van der Waals surface area (Å²) in [5.41, 5.74) is 7.29. The van der Waals surface area contributed by atoms with Crippen molar-refractivity contribution in [1.29, 1.82) is 0 Å². The van der Waals surface area contributed by atoms with Crippen molar-refractivity contribution >= 4 is 24.8 Å². The minimum atomic E-state index is -0.294. The fraction of sp³-hybridized carbons (Fsp3) is 0.500. The molecule has 1 aromatic rings. The van der Waals surface area contributed by atoms with Crippen LogP contribution in [0.1, 0.15) is 25.3 Å². The average molecular weight is 263 g/mol. The highest BCUT2D eigenvalue weighted by molar-refractivity contribution is 5.85. The topological polar surface area (TPSA) is 29.3 Å². The average Bonchev–Trinajstić information content (AvgIpc) is 2.72. The lowest BCUT2D eigenvalue weighted by Gasteiger charge is -2.35. The number of likely N-dealkylation sites (tertiary alicyclic amines) is 1. The normalized spacial score (nSPS) is 19.4. The number of rotatable bonds is 2. The van der Waals surface area contributed by atoms with E-state index >= 15 is 0 Å². The van der Waals surface area contributed by atoms with E-state index in [1.54, 1.807) is 0 Å². The minimum Gasteiger partial charge on any atom is -0.310 e. The van der Waals surface area contributed by atoms with Gasteiger partial charge in [-0.15, -0.1) is 24.8 Å². The third-order valence-corrected chi connectivity index (χ3v) is 3.12. The zero-order valence-corrected chi connectivity index (χ0v) is 11.2. The fourth-order valence-electron chi connectivity index (χ4n) is 2.14. The molecule has 2 N–H and O–H groups in total. The fourth-order valence-corrected chi connectivity index (χ4v) is 2.14. The van der Waals surface area contributed by atoms with Crippen LogP contribution in [-0.2, 0) is 5.66 Å². The van der Waals surface area contributed by atoms with E-state index < -0.39 is 0 Å². The van der Waals surface area contributed by atoms with Gasteiger partial charge in [-0.1, -0.05) is 30.3 Å². The number of hydrogen-bond donors (Lipinski definition) is 1. The quantitative estimate of drug-likeness (QED) is 0.889. The van der Waals surface area contributed by atoms with Crippen molar-refractivity contribution in [3.63, 3.8) is 0 Å². The van der Waals surface area contributed by atoms with Gasteiger partial charge in [0.1, 0.15) is 0 Å². The van der Waals surface area contributed by atoms with Crippen LogP contribution in [0.25, 0.3) is 0 Å². The Balaban J connectivity index is 0.00000112. The highest BCUT2D eigenvalue weighted by Crippen LogP contribution is 2.25. The van der Waals surface area contributed by atoms with Crippen molar-refractivity contribution in [3.8, 4) is 0 Å². The van der Waals surface area contributed by atoms with Gasteiger partial charge in [-0.3, -0.25) is 4.90 Å². The summed E-state index contributed by atoms with van der Waals surface area (Å²) < 4.78 is 0. The first kappa shape index (κ1) is 15.7. The van der Waals surface area contributed by atoms with Gasteiger partial charge in [0.2, 0.25) is 0 Å². The molecule has 0 spiro atoms. The molecule has 1 fully saturated rings. The molecular formula is C12H20Cl2N2. The number of halogens is 2. The Morgan fingerprint density at radius 2 is 1.56 bits per heavy atom. The van der Waals surface area contributed by atoms with Crippen molar-refractivity contribution in [1.82, 2.24) is 4.90 Å². The molecule has 16 heavy (non-hydrogen) atoms. The van der Waals surface area contributed by atoms with Crippen LogP contribution in [0.4, 0.5) is 0 Å². The first-order valence-electron chi connectivity index (χ1n) is 5.31. The molecule has 1 saturated heterocycles. The zero-order valence-electron chi connectivity index (χ0n) is 9.56. The Labute approximate surface area is 110 Å². The van der Waals surface area contributed by atoms with Crippen LogP contribution >= 0.6 is 24.8 Å². The molecular weight excluding hydrogens is 243 g/mol. The van der Waals surface area contributed by atoms with Crippen molar-refractivity contribution < 1.29 is 0 Å². The number of nitrogens with zero attached hydrogens (tertiary/aromatic N) is 1. The van der Waals surface area contributed by atoms with Gasteiger partial charge in [0.15, 0.2) is 0 Å². The van der Waals surface area contributed by atoms with Crippen molar-refractivity contribution in [2.75, 3.05) is 13.1 Å². The van der Waals surface area contributed by atoms with Crippen LogP contribution in [0.2, 0.25) is 0 Å². The monoisotopic (exact) mass is 262 g/mol. The SMILES string of the molecule is CC(N)(c1ccccc1)N1CCCC1.Cl.Cl. The molecule has 2 rings (SSSR count). The van der Waals surface area contributed by atoms with E-state index in [-0.39, 0.29) is 30.5 Å². The number of nitrogens with two attached hydrogens (primary N) is 1. The molecule has 92 valence electrons. The Morgan fingerprint density at radius 1 is 1.06 bits per heavy atom. The molecule has 1 atom stereocenters. The van der Waals surface area contributed by atoms with Crippen LogP contribution < -0.4 is 5.73 Å². The van der Waals surface area contributed by atoms with Crippen molar-refractivity contribution in [2.24, 2.45) is 5.73 Å². The van der Waals surface area contributed by atoms with Crippen LogP contribution in [0, 0.1) is 0 Å². The second kappa shape index (κ2) is 6.45. The summed E-state index contributed by atoms with van der Waals surface area (Å²) >= 11 is 0. The molecule has 0 aromatic heterocycles. The smallest absolute Gasteiger partial charge is 0.0920 e. The molecule has 1 aliphatic rings. The van der Waals surface area contributed by atoms with Gasteiger partial charge in [0, 0.05) is 13.1 Å². The lowest BCUT2D eigenvalue weighted by atomic mass is 10.0. The summed E-state index contributed by atoms with van der Waals surface area (Å²) in [6, 6.07) is 10.4. The summed E-state index contributed by atoms with van der Waals surface area (Å²) in [5, 5.41) is 0. The summed E-state index contributed by atoms with van der Waals surface area (Å²) in [4.78, 5) is 2.36. The number of benzene rings is 1. The van der Waals surface area contributed by atoms with Gasteiger partial charge in [-0.2, -0.15) is 0 Å². The van der Waals surface area contributed by atoms with Gasteiger partial charge in [-0.05, 0) is 25.3 Å². The van der Waals surface area contributed by atoms with E-state index in [0.29, 0.717) is 0 Å². The summed E-state index contributed by atoms with van der Waals surface area (Å²) in [7, 11) is 0. The third-order valence-electron chi connectivity index (χ3n) is 3.12. The first-order valence-corrected chi connectivity index (χ1v) is 5.31. The third kappa shape index (κ3) is 3.11. The van der Waals surface area contributed by atoms with Gasteiger partial charge < -0.3 is 5.73 Å². The zero-order chi connectivity index (χ0) is 10.0. The molecule has 0 amide bonds. The van der Waals surface area contributed by atoms with Gasteiger partial charge >= 0.3 is 0 Å². The second-order valence-electron chi connectivity index (χ2n) is 4.21. The minimum absolute atomic E-state index is 0. The molecule has 1 heterocycles. The maximum absolute atomic E-state index is 6.37. The van der Waals surface area contributed by atoms with Crippen molar-refractivity contribution in [3.05, 3.63) is 35.9 Å². The molecule has 1 unspecified atom stereocenters. The van der Waals surface area contributed by atoms with Gasteiger partial charge in [0.25, 0.3) is 0 Å². The molecule has 4 heteroatoms. The van der Waals surface area contributed by atoms with Crippen LogP contribution in [-0.4, -0.2) is 18.0 Å². The van der Waals surface area contributed by atoms with Gasteiger partial charge in [-0.25, -0.2) is 0 Å². The predicted molar refractivity (Wildman–Crippen MR) is 73.3 cm³/mol. The van der Waals surface area contributed by atoms with Crippen LogP contribution in [0.15, 0.2) is 30.3 Å².